The summed E-state index contributed by atoms with van der Waals surface area (Å²) in [4.78, 5) is 15.3. The molecule has 2 heterocycles. The molecule has 2 aromatic rings. The molecule has 0 aromatic carbocycles. The number of fused-ring (bicyclic) bond motifs is 1. The Hall–Kier alpha value is -1.84. The number of hydrogen-bond donors (Lipinski definition) is 1. The lowest BCUT2D eigenvalue weighted by atomic mass is 9.96. The van der Waals surface area contributed by atoms with E-state index >= 15 is 0 Å². The van der Waals surface area contributed by atoms with Crippen LogP contribution in [0.4, 0.5) is 0 Å². The van der Waals surface area contributed by atoms with Gasteiger partial charge in [0.05, 0.1) is 12.2 Å². The largest absolute Gasteiger partial charge is 0.446 e. The molecule has 0 fully saturated rings. The number of rotatable bonds is 3. The highest BCUT2D eigenvalue weighted by Gasteiger charge is 2.20. The third-order valence-corrected chi connectivity index (χ3v) is 2.51. The Balaban J connectivity index is 2.55. The summed E-state index contributed by atoms with van der Waals surface area (Å²) >= 11 is 0. The molecule has 2 N–H and O–H groups in total. The van der Waals surface area contributed by atoms with Crippen LogP contribution in [0.3, 0.4) is 0 Å². The number of aromatic nitrogens is 1. The Morgan fingerprint density at radius 1 is 1.67 bits per heavy atom. The summed E-state index contributed by atoms with van der Waals surface area (Å²) in [6.07, 6.45) is 3.89. The Morgan fingerprint density at radius 2 is 2.47 bits per heavy atom. The molecule has 2 rings (SSSR count). The summed E-state index contributed by atoms with van der Waals surface area (Å²) in [5.41, 5.74) is 6.70. The first kappa shape index (κ1) is 9.71. The van der Waals surface area contributed by atoms with Crippen LogP contribution in [0.25, 0.3) is 11.1 Å². The van der Waals surface area contributed by atoms with E-state index in [1.807, 2.05) is 19.1 Å². The smallest absolute Gasteiger partial charge is 0.226 e. The summed E-state index contributed by atoms with van der Waals surface area (Å²) in [6, 6.07) is 3.70. The van der Waals surface area contributed by atoms with Gasteiger partial charge in [0.15, 0.2) is 0 Å². The zero-order chi connectivity index (χ0) is 10.8. The van der Waals surface area contributed by atoms with Crippen molar-refractivity contribution in [2.45, 2.75) is 19.3 Å². The molecule has 0 aliphatic carbocycles. The van der Waals surface area contributed by atoms with Gasteiger partial charge in [0.25, 0.3) is 0 Å². The van der Waals surface area contributed by atoms with Gasteiger partial charge in [0.1, 0.15) is 0 Å². The maximum atomic E-state index is 11.2. The summed E-state index contributed by atoms with van der Waals surface area (Å²) in [5.74, 6) is -0.625. The van der Waals surface area contributed by atoms with Gasteiger partial charge in [0, 0.05) is 17.1 Å². The van der Waals surface area contributed by atoms with Crippen LogP contribution in [0.2, 0.25) is 0 Å². The number of pyridine rings is 1. The van der Waals surface area contributed by atoms with Gasteiger partial charge in [-0.15, -0.1) is 0 Å². The fraction of sp³-hybridized carbons (Fsp3) is 0.273. The monoisotopic (exact) mass is 204 g/mol. The second-order valence-electron chi connectivity index (χ2n) is 3.41. The summed E-state index contributed by atoms with van der Waals surface area (Å²) < 4.78 is 5.26. The second-order valence-corrected chi connectivity index (χ2v) is 3.41. The predicted molar refractivity (Wildman–Crippen MR) is 56.2 cm³/mol. The Kier molecular flexibility index (Phi) is 2.41. The second kappa shape index (κ2) is 3.73. The van der Waals surface area contributed by atoms with Crippen LogP contribution in [0.1, 0.15) is 24.8 Å². The number of nitrogens with two attached hydrogens (primary N) is 1. The van der Waals surface area contributed by atoms with E-state index in [4.69, 9.17) is 10.2 Å². The lowest BCUT2D eigenvalue weighted by Gasteiger charge is -2.07. The van der Waals surface area contributed by atoms with E-state index < -0.39 is 0 Å². The minimum atomic E-state index is -0.330. The first-order valence-corrected chi connectivity index (χ1v) is 4.85. The first-order chi connectivity index (χ1) is 7.24. The highest BCUT2D eigenvalue weighted by Crippen LogP contribution is 2.28. The minimum Gasteiger partial charge on any atom is -0.446 e. The molecule has 4 heteroatoms. The Labute approximate surface area is 87.1 Å². The van der Waals surface area contributed by atoms with Crippen LogP contribution >= 0.6 is 0 Å². The lowest BCUT2D eigenvalue weighted by molar-refractivity contribution is -0.119. The van der Waals surface area contributed by atoms with Crippen LogP contribution in [-0.4, -0.2) is 10.9 Å². The SMILES string of the molecule is CCC(C(N)=O)c1coc2ncccc12. The summed E-state index contributed by atoms with van der Waals surface area (Å²) in [7, 11) is 0. The van der Waals surface area contributed by atoms with Gasteiger partial charge >= 0.3 is 0 Å². The molecule has 0 spiro atoms. The summed E-state index contributed by atoms with van der Waals surface area (Å²) in [5, 5.41) is 0.864. The van der Waals surface area contributed by atoms with Gasteiger partial charge in [-0.1, -0.05) is 6.92 Å². The van der Waals surface area contributed by atoms with Crippen LogP contribution < -0.4 is 5.73 Å². The first-order valence-electron chi connectivity index (χ1n) is 4.85. The lowest BCUT2D eigenvalue weighted by Crippen LogP contribution is -2.20. The minimum absolute atomic E-state index is 0.296. The predicted octanol–water partition coefficient (Wildman–Crippen LogP) is 1.81. The van der Waals surface area contributed by atoms with Crippen LogP contribution in [0, 0.1) is 0 Å². The quantitative estimate of drug-likeness (QED) is 0.828. The molecule has 4 nitrogen and oxygen atoms in total. The van der Waals surface area contributed by atoms with Crippen molar-refractivity contribution in [2.24, 2.45) is 5.73 Å². The van der Waals surface area contributed by atoms with E-state index in [2.05, 4.69) is 4.98 Å². The van der Waals surface area contributed by atoms with Crippen LogP contribution in [-0.2, 0) is 4.79 Å². The molecule has 0 aliphatic rings. The van der Waals surface area contributed by atoms with E-state index in [1.165, 1.54) is 0 Å². The van der Waals surface area contributed by atoms with Gasteiger partial charge in [-0.05, 0) is 18.6 Å². The number of primary amides is 1. The molecule has 1 atom stereocenters. The molecule has 0 bridgehead atoms. The average molecular weight is 204 g/mol. The fourth-order valence-electron chi connectivity index (χ4n) is 1.73. The Bertz CT molecular complexity index is 490. The van der Waals surface area contributed by atoms with Crippen molar-refractivity contribution in [3.05, 3.63) is 30.2 Å². The third-order valence-electron chi connectivity index (χ3n) is 2.51. The Morgan fingerprint density at radius 3 is 3.13 bits per heavy atom. The highest BCUT2D eigenvalue weighted by molar-refractivity contribution is 5.88. The highest BCUT2D eigenvalue weighted by atomic mass is 16.3. The van der Waals surface area contributed by atoms with Crippen molar-refractivity contribution in [3.8, 4) is 0 Å². The molecular formula is C11H12N2O2. The molecule has 78 valence electrons. The number of nitrogens with zero attached hydrogens (tertiary/aromatic N) is 1. The van der Waals surface area contributed by atoms with Crippen molar-refractivity contribution in [2.75, 3.05) is 0 Å². The van der Waals surface area contributed by atoms with Crippen molar-refractivity contribution < 1.29 is 9.21 Å². The maximum Gasteiger partial charge on any atom is 0.226 e. The molecule has 0 saturated carbocycles. The van der Waals surface area contributed by atoms with Gasteiger partial charge in [-0.3, -0.25) is 4.79 Å². The van der Waals surface area contributed by atoms with E-state index in [-0.39, 0.29) is 11.8 Å². The van der Waals surface area contributed by atoms with E-state index in [0.717, 1.165) is 10.9 Å². The maximum absolute atomic E-state index is 11.2. The molecular weight excluding hydrogens is 192 g/mol. The number of amides is 1. The van der Waals surface area contributed by atoms with Gasteiger partial charge in [-0.25, -0.2) is 4.98 Å². The van der Waals surface area contributed by atoms with E-state index in [9.17, 15) is 4.79 Å². The van der Waals surface area contributed by atoms with Crippen molar-refractivity contribution in [1.82, 2.24) is 4.98 Å². The molecule has 2 aromatic heterocycles. The zero-order valence-electron chi connectivity index (χ0n) is 8.43. The van der Waals surface area contributed by atoms with Crippen molar-refractivity contribution in [3.63, 3.8) is 0 Å². The van der Waals surface area contributed by atoms with Crippen LogP contribution in [0.5, 0.6) is 0 Å². The number of carbonyl (C=O) groups excluding carboxylic acids is 1. The average Bonchev–Trinajstić information content (AvgIpc) is 2.63. The summed E-state index contributed by atoms with van der Waals surface area (Å²) in [6.45, 7) is 1.92. The van der Waals surface area contributed by atoms with Gasteiger partial charge < -0.3 is 10.2 Å². The fourth-order valence-corrected chi connectivity index (χ4v) is 1.73. The van der Waals surface area contributed by atoms with E-state index in [0.29, 0.717) is 12.1 Å². The zero-order valence-corrected chi connectivity index (χ0v) is 8.43. The molecule has 0 saturated heterocycles. The van der Waals surface area contributed by atoms with Gasteiger partial charge in [-0.2, -0.15) is 0 Å². The van der Waals surface area contributed by atoms with Crippen molar-refractivity contribution in [1.29, 1.82) is 0 Å². The molecule has 15 heavy (non-hydrogen) atoms. The van der Waals surface area contributed by atoms with Crippen molar-refractivity contribution >= 4 is 17.0 Å². The third kappa shape index (κ3) is 1.58. The molecule has 1 amide bonds. The number of carbonyl (C=O) groups is 1. The number of hydrogen-bond acceptors (Lipinski definition) is 3. The topological polar surface area (TPSA) is 69.1 Å². The number of furan rings is 1. The molecule has 0 radical (unpaired) electrons. The van der Waals surface area contributed by atoms with Gasteiger partial charge in [0.2, 0.25) is 11.6 Å². The van der Waals surface area contributed by atoms with Crippen LogP contribution in [0.15, 0.2) is 29.0 Å². The molecule has 0 aliphatic heterocycles. The molecule has 1 unspecified atom stereocenters. The van der Waals surface area contributed by atoms with E-state index in [1.54, 1.807) is 12.5 Å². The normalized spacial score (nSPS) is 12.9. The standard InChI is InChI=1S/C11H12N2O2/c1-2-7(10(12)14)9-6-15-11-8(9)4-3-5-13-11/h3-7H,2H2,1H3,(H2,12,14).